The molecule has 4 aromatic heterocycles. The van der Waals surface area contributed by atoms with Crippen LogP contribution in [0.4, 0.5) is 0 Å². The largest absolute Gasteiger partial charge is 0.377 e. The minimum absolute atomic E-state index is 0.0594. The molecule has 0 fully saturated rings. The number of rotatable bonds is 15. The van der Waals surface area contributed by atoms with E-state index >= 15 is 0 Å². The number of thiophene rings is 2. The molecule has 0 unspecified atom stereocenters. The number of hydrogen-bond donors (Lipinski definition) is 1. The summed E-state index contributed by atoms with van der Waals surface area (Å²) < 4.78 is 50.8. The summed E-state index contributed by atoms with van der Waals surface area (Å²) >= 11 is 28.8. The molecule has 0 radical (unpaired) electrons. The first-order valence-electron chi connectivity index (χ1n) is 19.3. The summed E-state index contributed by atoms with van der Waals surface area (Å²) in [7, 11) is -2.21. The molecule has 2 aliphatic carbocycles. The smallest absolute Gasteiger partial charge is 0.304 e. The van der Waals surface area contributed by atoms with Crippen LogP contribution in [0, 0.1) is 0 Å². The fourth-order valence-corrected chi connectivity index (χ4v) is 12.1. The van der Waals surface area contributed by atoms with Crippen molar-refractivity contribution in [1.82, 2.24) is 14.0 Å². The van der Waals surface area contributed by atoms with Crippen LogP contribution in [0.1, 0.15) is 59.1 Å². The minimum atomic E-state index is -4.34. The molecule has 306 valence electrons. The highest BCUT2D eigenvalue weighted by Gasteiger charge is 2.29. The Morgan fingerprint density at radius 1 is 0.724 bits per heavy atom. The van der Waals surface area contributed by atoms with Crippen LogP contribution in [-0.2, 0) is 58.5 Å². The van der Waals surface area contributed by atoms with Gasteiger partial charge in [0.1, 0.15) is 4.21 Å². The fraction of sp³-hybridized carbons (Fsp3) is 0.349. The first-order valence-corrected chi connectivity index (χ1v) is 24.0. The highest BCUT2D eigenvalue weighted by atomic mass is 35.5. The molecule has 6 aromatic rings. The second kappa shape index (κ2) is 18.1. The molecule has 1 N–H and O–H groups in total. The minimum Gasteiger partial charge on any atom is -0.377 e. The Balaban J connectivity index is 0.859. The van der Waals surface area contributed by atoms with Crippen molar-refractivity contribution < 1.29 is 22.4 Å². The van der Waals surface area contributed by atoms with Gasteiger partial charge >= 0.3 is 10.1 Å². The highest BCUT2D eigenvalue weighted by molar-refractivity contribution is 7.88. The maximum atomic E-state index is 12.1. The quantitative estimate of drug-likeness (QED) is 0.0816. The molecule has 8 rings (SSSR count). The molecule has 0 aliphatic heterocycles. The summed E-state index contributed by atoms with van der Waals surface area (Å²) in [5.41, 5.74) is 10.7. The zero-order chi connectivity index (χ0) is 40.6. The lowest BCUT2D eigenvalue weighted by Gasteiger charge is -2.16. The second-order valence-electron chi connectivity index (χ2n) is 14.9. The van der Waals surface area contributed by atoms with E-state index in [1.807, 2.05) is 29.0 Å². The Hall–Kier alpha value is -2.65. The molecule has 15 heteroatoms. The highest BCUT2D eigenvalue weighted by Crippen LogP contribution is 2.45. The summed E-state index contributed by atoms with van der Waals surface area (Å²) in [6.45, 7) is 4.00. The standard InChI is InChI=1S/C43H43Cl4N3O5S3/c1-48(15-4-17-54-25-29-23-49(37-12-10-31(44)21-35(37)46)40-33(29)8-2-6-27-14-19-56-42(27)40)16-5-18-55-26-30-24-50(38-13-11-32(45)22-36(38)47)41-34(30)9-3-7-28-20-39(57-43(28)41)58(51,52)53/h10-14,19-24H,2-9,15-18,25-26H2,1H3,(H,51,52,53). The van der Waals surface area contributed by atoms with Gasteiger partial charge in [-0.3, -0.25) is 4.55 Å². The van der Waals surface area contributed by atoms with Crippen molar-refractivity contribution in [3.8, 4) is 32.5 Å². The number of fused-ring (bicyclic) bond motifs is 6. The van der Waals surface area contributed by atoms with Gasteiger partial charge in [-0.15, -0.1) is 22.7 Å². The summed E-state index contributed by atoms with van der Waals surface area (Å²) in [6.07, 6.45) is 11.5. The van der Waals surface area contributed by atoms with Crippen molar-refractivity contribution >= 4 is 79.2 Å². The van der Waals surface area contributed by atoms with Crippen molar-refractivity contribution in [1.29, 1.82) is 0 Å². The number of aryl methyl sites for hydroxylation is 2. The molecular formula is C43H43Cl4N3O5S3. The monoisotopic (exact) mass is 917 g/mol. The van der Waals surface area contributed by atoms with Gasteiger partial charge in [0.15, 0.2) is 0 Å². The normalized spacial score (nSPS) is 13.9. The Morgan fingerprint density at radius 2 is 1.26 bits per heavy atom. The maximum Gasteiger partial charge on any atom is 0.304 e. The van der Waals surface area contributed by atoms with E-state index < -0.39 is 10.1 Å². The molecule has 8 nitrogen and oxygen atoms in total. The first kappa shape index (κ1) is 42.1. The Labute approximate surface area is 367 Å². The zero-order valence-electron chi connectivity index (χ0n) is 31.9. The van der Waals surface area contributed by atoms with Crippen LogP contribution in [0.3, 0.4) is 0 Å². The van der Waals surface area contributed by atoms with Gasteiger partial charge in [-0.2, -0.15) is 8.42 Å². The molecule has 58 heavy (non-hydrogen) atoms. The Morgan fingerprint density at radius 3 is 1.79 bits per heavy atom. The van der Waals surface area contributed by atoms with Crippen LogP contribution in [0.15, 0.2) is 70.5 Å². The Kier molecular flexibility index (Phi) is 13.2. The third-order valence-electron chi connectivity index (χ3n) is 10.9. The van der Waals surface area contributed by atoms with Crippen LogP contribution >= 0.6 is 69.1 Å². The van der Waals surface area contributed by atoms with Crippen molar-refractivity contribution in [2.24, 2.45) is 0 Å². The summed E-state index contributed by atoms with van der Waals surface area (Å²) in [5, 5.41) is 4.42. The molecule has 0 amide bonds. The van der Waals surface area contributed by atoms with Crippen molar-refractivity contribution in [2.45, 2.75) is 68.8 Å². The maximum absolute atomic E-state index is 12.1. The Bertz CT molecular complexity index is 2560. The van der Waals surface area contributed by atoms with Crippen LogP contribution in [-0.4, -0.2) is 60.4 Å². The molecule has 2 aliphatic rings. The molecule has 0 atom stereocenters. The third kappa shape index (κ3) is 9.02. The van der Waals surface area contributed by atoms with E-state index in [-0.39, 0.29) is 4.21 Å². The first-order chi connectivity index (χ1) is 28.0. The summed E-state index contributed by atoms with van der Waals surface area (Å²) in [5.74, 6) is 0. The van der Waals surface area contributed by atoms with E-state index in [1.165, 1.54) is 27.3 Å². The van der Waals surface area contributed by atoms with Crippen LogP contribution in [0.25, 0.3) is 32.5 Å². The average Bonchev–Trinajstić information content (AvgIpc) is 3.92. The van der Waals surface area contributed by atoms with Crippen LogP contribution in [0.5, 0.6) is 0 Å². The number of benzene rings is 2. The van der Waals surface area contributed by atoms with E-state index in [2.05, 4.69) is 34.2 Å². The van der Waals surface area contributed by atoms with Gasteiger partial charge in [-0.05, 0) is 146 Å². The van der Waals surface area contributed by atoms with E-state index in [0.717, 1.165) is 108 Å². The van der Waals surface area contributed by atoms with Gasteiger partial charge in [0.2, 0.25) is 0 Å². The van der Waals surface area contributed by atoms with Gasteiger partial charge in [0.25, 0.3) is 0 Å². The molecular weight excluding hydrogens is 877 g/mol. The van der Waals surface area contributed by atoms with Crippen molar-refractivity contribution in [2.75, 3.05) is 33.4 Å². The fourth-order valence-electron chi connectivity index (χ4n) is 8.14. The van der Waals surface area contributed by atoms with Crippen molar-refractivity contribution in [3.63, 3.8) is 0 Å². The van der Waals surface area contributed by atoms with Crippen LogP contribution in [0.2, 0.25) is 20.1 Å². The summed E-state index contributed by atoms with van der Waals surface area (Å²) in [6, 6.07) is 14.9. The zero-order valence-corrected chi connectivity index (χ0v) is 37.4. The number of hydrogen-bond acceptors (Lipinski definition) is 7. The molecule has 0 saturated heterocycles. The van der Waals surface area contributed by atoms with Gasteiger partial charge < -0.3 is 23.5 Å². The number of ether oxygens (including phenoxy) is 2. The van der Waals surface area contributed by atoms with E-state index in [9.17, 15) is 13.0 Å². The third-order valence-corrected chi connectivity index (χ3v) is 15.4. The lowest BCUT2D eigenvalue weighted by atomic mass is 10.1. The SMILES string of the molecule is CN(CCCOCc1cn(-c2ccc(Cl)cc2Cl)c2c1CCCc1ccsc1-2)CCCOCc1cn(-c2ccc(Cl)cc2Cl)c2c1CCCc1cc(S(=O)(=O)O)sc1-2. The summed E-state index contributed by atoms with van der Waals surface area (Å²) in [4.78, 5) is 4.43. The molecule has 0 spiro atoms. The van der Waals surface area contributed by atoms with Gasteiger partial charge in [-0.25, -0.2) is 0 Å². The second-order valence-corrected chi connectivity index (χ2v) is 20.2. The predicted molar refractivity (Wildman–Crippen MR) is 238 cm³/mol. The van der Waals surface area contributed by atoms with Gasteiger partial charge in [0, 0.05) is 48.7 Å². The average molecular weight is 920 g/mol. The van der Waals surface area contributed by atoms with Gasteiger partial charge in [0.05, 0.1) is 55.8 Å². The number of halogens is 4. The topological polar surface area (TPSA) is 85.9 Å². The number of aromatic nitrogens is 2. The molecule has 0 saturated carbocycles. The van der Waals surface area contributed by atoms with Crippen LogP contribution < -0.4 is 0 Å². The molecule has 4 heterocycles. The van der Waals surface area contributed by atoms with Gasteiger partial charge in [-0.1, -0.05) is 46.4 Å². The van der Waals surface area contributed by atoms with Crippen molar-refractivity contribution in [3.05, 3.63) is 120 Å². The van der Waals surface area contributed by atoms with E-state index in [4.69, 9.17) is 55.9 Å². The molecule has 0 bridgehead atoms. The lowest BCUT2D eigenvalue weighted by molar-refractivity contribution is 0.100. The lowest BCUT2D eigenvalue weighted by Crippen LogP contribution is -2.23. The van der Waals surface area contributed by atoms with E-state index in [1.54, 1.807) is 35.6 Å². The molecule has 2 aromatic carbocycles. The number of nitrogens with zero attached hydrogens (tertiary/aromatic N) is 3. The van der Waals surface area contributed by atoms with E-state index in [0.29, 0.717) is 52.9 Å². The predicted octanol–water partition coefficient (Wildman–Crippen LogP) is 12.0.